The zero-order chi connectivity index (χ0) is 18.9. The van der Waals surface area contributed by atoms with Crippen molar-refractivity contribution in [2.75, 3.05) is 26.2 Å². The molecule has 1 aromatic carbocycles. The lowest BCUT2D eigenvalue weighted by Crippen LogP contribution is -2.50. The van der Waals surface area contributed by atoms with Gasteiger partial charge in [0.1, 0.15) is 10.6 Å². The maximum atomic E-state index is 12.8. The van der Waals surface area contributed by atoms with Gasteiger partial charge in [-0.1, -0.05) is 29.3 Å². The van der Waals surface area contributed by atoms with E-state index in [0.717, 1.165) is 0 Å². The first-order chi connectivity index (χ1) is 12.3. The van der Waals surface area contributed by atoms with E-state index in [1.54, 1.807) is 6.07 Å². The second-order valence-electron chi connectivity index (χ2n) is 5.55. The summed E-state index contributed by atoms with van der Waals surface area (Å²) in [7, 11) is -3.87. The van der Waals surface area contributed by atoms with Gasteiger partial charge in [-0.05, 0) is 18.2 Å². The molecule has 0 spiro atoms. The van der Waals surface area contributed by atoms with Crippen molar-refractivity contribution in [2.45, 2.75) is 4.90 Å². The molecule has 1 aliphatic heterocycles. The van der Waals surface area contributed by atoms with Crippen molar-refractivity contribution in [1.29, 1.82) is 0 Å². The van der Waals surface area contributed by atoms with E-state index in [9.17, 15) is 18.0 Å². The molecule has 0 radical (unpaired) electrons. The number of piperazine rings is 1. The smallest absolute Gasteiger partial charge is 0.274 e. The predicted molar refractivity (Wildman–Crippen MR) is 96.0 cm³/mol. The van der Waals surface area contributed by atoms with Gasteiger partial charge in [0.2, 0.25) is 10.0 Å². The van der Waals surface area contributed by atoms with Crippen LogP contribution in [0.5, 0.6) is 0 Å². The number of hydrogen-bond donors (Lipinski definition) is 1. The van der Waals surface area contributed by atoms with E-state index in [0.29, 0.717) is 0 Å². The van der Waals surface area contributed by atoms with Gasteiger partial charge in [0.15, 0.2) is 0 Å². The van der Waals surface area contributed by atoms with E-state index in [2.05, 4.69) is 10.2 Å². The van der Waals surface area contributed by atoms with Crippen LogP contribution in [0.2, 0.25) is 10.0 Å². The van der Waals surface area contributed by atoms with Crippen molar-refractivity contribution in [3.8, 4) is 0 Å². The number of halogens is 2. The van der Waals surface area contributed by atoms with Crippen molar-refractivity contribution in [3.63, 3.8) is 0 Å². The lowest BCUT2D eigenvalue weighted by molar-refractivity contribution is 0.0690. The molecule has 0 aliphatic carbocycles. The Kier molecular flexibility index (Phi) is 5.33. The Morgan fingerprint density at radius 2 is 1.65 bits per heavy atom. The van der Waals surface area contributed by atoms with E-state index in [4.69, 9.17) is 23.2 Å². The van der Waals surface area contributed by atoms with Gasteiger partial charge in [-0.15, -0.1) is 0 Å². The molecule has 1 amide bonds. The van der Waals surface area contributed by atoms with Crippen LogP contribution in [0, 0.1) is 0 Å². The lowest BCUT2D eigenvalue weighted by atomic mass is 10.3. The Morgan fingerprint density at radius 1 is 1.04 bits per heavy atom. The maximum Gasteiger partial charge on any atom is 0.274 e. The van der Waals surface area contributed by atoms with Crippen LogP contribution in [0.1, 0.15) is 10.5 Å². The van der Waals surface area contributed by atoms with Crippen molar-refractivity contribution < 1.29 is 13.2 Å². The van der Waals surface area contributed by atoms with E-state index < -0.39 is 15.6 Å². The van der Waals surface area contributed by atoms with Crippen molar-refractivity contribution in [2.24, 2.45) is 0 Å². The average Bonchev–Trinajstić information content (AvgIpc) is 2.61. The lowest BCUT2D eigenvalue weighted by Gasteiger charge is -2.34. The number of carbonyl (C=O) groups excluding carboxylic acids is 1. The molecule has 26 heavy (non-hydrogen) atoms. The van der Waals surface area contributed by atoms with Crippen molar-refractivity contribution in [3.05, 3.63) is 56.4 Å². The third-order valence-electron chi connectivity index (χ3n) is 3.94. The highest BCUT2D eigenvalue weighted by molar-refractivity contribution is 7.89. The van der Waals surface area contributed by atoms with E-state index in [-0.39, 0.29) is 52.7 Å². The first kappa shape index (κ1) is 18.8. The minimum absolute atomic E-state index is 0.0495. The van der Waals surface area contributed by atoms with Gasteiger partial charge in [0, 0.05) is 32.2 Å². The highest BCUT2D eigenvalue weighted by atomic mass is 35.5. The Morgan fingerprint density at radius 3 is 2.19 bits per heavy atom. The zero-order valence-corrected chi connectivity index (χ0v) is 15.7. The minimum Gasteiger partial charge on any atom is -0.335 e. The number of sulfonamides is 1. The van der Waals surface area contributed by atoms with E-state index >= 15 is 0 Å². The summed E-state index contributed by atoms with van der Waals surface area (Å²) < 4.78 is 26.9. The number of carbonyl (C=O) groups is 1. The summed E-state index contributed by atoms with van der Waals surface area (Å²) in [4.78, 5) is 24.7. The standard InChI is InChI=1S/C15H14Cl2N4O4S/c16-10-2-1-3-11(17)14(10)26(24,25)21-8-6-20(7-9-21)15(23)12-4-5-13(22)19-18-12/h1-5H,6-9H2,(H,19,22). The van der Waals surface area contributed by atoms with Crippen LogP contribution >= 0.6 is 23.2 Å². The molecule has 2 heterocycles. The van der Waals surface area contributed by atoms with Crippen LogP contribution in [0.15, 0.2) is 40.0 Å². The molecule has 0 atom stereocenters. The molecule has 0 saturated carbocycles. The summed E-state index contributed by atoms with van der Waals surface area (Å²) in [5.74, 6) is -0.380. The third kappa shape index (κ3) is 3.61. The predicted octanol–water partition coefficient (Wildman–Crippen LogP) is 1.22. The Bertz CT molecular complexity index is 960. The molecular formula is C15H14Cl2N4O4S. The normalized spacial score (nSPS) is 15.8. The molecule has 3 rings (SSSR count). The first-order valence-electron chi connectivity index (χ1n) is 7.60. The molecule has 1 N–H and O–H groups in total. The minimum atomic E-state index is -3.87. The van der Waals surface area contributed by atoms with Crippen molar-refractivity contribution >= 4 is 39.1 Å². The molecule has 0 bridgehead atoms. The maximum absolute atomic E-state index is 12.8. The number of aromatic nitrogens is 2. The number of amides is 1. The van der Waals surface area contributed by atoms with Crippen LogP contribution in [-0.4, -0.2) is 59.9 Å². The number of benzene rings is 1. The molecule has 1 saturated heterocycles. The molecule has 1 aromatic heterocycles. The molecule has 2 aromatic rings. The monoisotopic (exact) mass is 416 g/mol. The molecule has 138 valence electrons. The number of aromatic amines is 1. The fraction of sp³-hybridized carbons (Fsp3) is 0.267. The number of nitrogens with one attached hydrogen (secondary N) is 1. The molecule has 0 unspecified atom stereocenters. The Hall–Kier alpha value is -1.94. The number of hydrogen-bond acceptors (Lipinski definition) is 5. The number of rotatable bonds is 3. The molecule has 1 aliphatic rings. The topological polar surface area (TPSA) is 103 Å². The van der Waals surface area contributed by atoms with Crippen LogP contribution in [0.4, 0.5) is 0 Å². The summed E-state index contributed by atoms with van der Waals surface area (Å²) in [6.45, 7) is 0.555. The van der Waals surface area contributed by atoms with Gasteiger partial charge in [-0.2, -0.15) is 9.40 Å². The Balaban J connectivity index is 1.75. The van der Waals surface area contributed by atoms with Crippen LogP contribution in [0.3, 0.4) is 0 Å². The number of H-pyrrole nitrogens is 1. The van der Waals surface area contributed by atoms with Crippen LogP contribution < -0.4 is 5.56 Å². The summed E-state index contributed by atoms with van der Waals surface area (Å²) in [5, 5.41) is 5.99. The van der Waals surface area contributed by atoms with Crippen molar-refractivity contribution in [1.82, 2.24) is 19.4 Å². The average molecular weight is 417 g/mol. The molecular weight excluding hydrogens is 403 g/mol. The van der Waals surface area contributed by atoms with Gasteiger partial charge in [0.05, 0.1) is 10.0 Å². The fourth-order valence-corrected chi connectivity index (χ4v) is 5.13. The number of nitrogens with zero attached hydrogens (tertiary/aromatic N) is 3. The van der Waals surface area contributed by atoms with Gasteiger partial charge in [-0.25, -0.2) is 13.5 Å². The van der Waals surface area contributed by atoms with E-state index in [1.807, 2.05) is 0 Å². The zero-order valence-electron chi connectivity index (χ0n) is 13.4. The van der Waals surface area contributed by atoms with Gasteiger partial charge >= 0.3 is 0 Å². The van der Waals surface area contributed by atoms with Gasteiger partial charge < -0.3 is 4.90 Å². The highest BCUT2D eigenvalue weighted by Crippen LogP contribution is 2.31. The van der Waals surface area contributed by atoms with Gasteiger partial charge in [0.25, 0.3) is 11.5 Å². The molecule has 1 fully saturated rings. The molecule has 8 nitrogen and oxygen atoms in total. The second kappa shape index (κ2) is 7.36. The van der Waals surface area contributed by atoms with Gasteiger partial charge in [-0.3, -0.25) is 9.59 Å². The SMILES string of the molecule is O=C(c1ccc(=O)[nH]n1)N1CCN(S(=O)(=O)c2c(Cl)cccc2Cl)CC1. The first-order valence-corrected chi connectivity index (χ1v) is 9.79. The largest absolute Gasteiger partial charge is 0.335 e. The van der Waals surface area contributed by atoms with E-state index in [1.165, 1.54) is 33.5 Å². The third-order valence-corrected chi connectivity index (χ3v) is 6.80. The fourth-order valence-electron chi connectivity index (χ4n) is 2.62. The van der Waals surface area contributed by atoms with Crippen LogP contribution in [-0.2, 0) is 10.0 Å². The quantitative estimate of drug-likeness (QED) is 0.809. The summed E-state index contributed by atoms with van der Waals surface area (Å²) in [6.07, 6.45) is 0. The molecule has 11 heteroatoms. The Labute approximate surface area is 159 Å². The summed E-state index contributed by atoms with van der Waals surface area (Å²) in [5.41, 5.74) is -0.316. The summed E-state index contributed by atoms with van der Waals surface area (Å²) in [6, 6.07) is 7.02. The highest BCUT2D eigenvalue weighted by Gasteiger charge is 2.33. The van der Waals surface area contributed by atoms with Crippen LogP contribution in [0.25, 0.3) is 0 Å². The summed E-state index contributed by atoms with van der Waals surface area (Å²) >= 11 is 12.0. The second-order valence-corrected chi connectivity index (χ2v) is 8.24.